The van der Waals surface area contributed by atoms with Crippen LogP contribution in [0.25, 0.3) is 0 Å². The van der Waals surface area contributed by atoms with Crippen LogP contribution in [-0.4, -0.2) is 22.6 Å². The van der Waals surface area contributed by atoms with Gasteiger partial charge in [0.05, 0.1) is 0 Å². The Morgan fingerprint density at radius 2 is 1.94 bits per heavy atom. The summed E-state index contributed by atoms with van der Waals surface area (Å²) in [7, 11) is 0. The Kier molecular flexibility index (Phi) is 6.37. The fourth-order valence-corrected chi connectivity index (χ4v) is 1.62. The first-order valence-electron chi connectivity index (χ1n) is 6.58. The average molecular weight is 236 g/mol. The number of aromatic nitrogens is 2. The molecule has 1 atom stereocenters. The molecule has 96 valence electrons. The van der Waals surface area contributed by atoms with E-state index >= 15 is 0 Å². The Balaban J connectivity index is 2.47. The van der Waals surface area contributed by atoms with E-state index in [-0.39, 0.29) is 0 Å². The van der Waals surface area contributed by atoms with Crippen molar-refractivity contribution in [2.45, 2.75) is 52.5 Å². The van der Waals surface area contributed by atoms with Gasteiger partial charge in [0.1, 0.15) is 18.0 Å². The number of rotatable bonds is 8. The maximum absolute atomic E-state index is 4.23. The molecule has 1 unspecified atom stereocenters. The molecule has 0 aliphatic carbocycles. The van der Waals surface area contributed by atoms with Gasteiger partial charge in [0.15, 0.2) is 0 Å². The molecule has 0 fully saturated rings. The Bertz CT molecular complexity index is 314. The molecule has 1 heterocycles. The van der Waals surface area contributed by atoms with Gasteiger partial charge in [-0.3, -0.25) is 0 Å². The minimum Gasteiger partial charge on any atom is -0.370 e. The van der Waals surface area contributed by atoms with Gasteiger partial charge in [0.25, 0.3) is 0 Å². The molecule has 0 saturated heterocycles. The van der Waals surface area contributed by atoms with E-state index in [1.54, 1.807) is 6.33 Å². The lowest BCUT2D eigenvalue weighted by Crippen LogP contribution is -2.16. The van der Waals surface area contributed by atoms with Gasteiger partial charge >= 0.3 is 0 Å². The molecule has 1 aromatic rings. The first-order valence-corrected chi connectivity index (χ1v) is 6.58. The molecular formula is C13H24N4. The summed E-state index contributed by atoms with van der Waals surface area (Å²) in [4.78, 5) is 8.42. The van der Waals surface area contributed by atoms with Crippen molar-refractivity contribution in [2.24, 2.45) is 0 Å². The van der Waals surface area contributed by atoms with Crippen molar-refractivity contribution < 1.29 is 0 Å². The molecule has 17 heavy (non-hydrogen) atoms. The molecule has 0 bridgehead atoms. The summed E-state index contributed by atoms with van der Waals surface area (Å²) >= 11 is 0. The highest BCUT2D eigenvalue weighted by Crippen LogP contribution is 2.11. The largest absolute Gasteiger partial charge is 0.370 e. The van der Waals surface area contributed by atoms with E-state index in [4.69, 9.17) is 0 Å². The van der Waals surface area contributed by atoms with Gasteiger partial charge in [0, 0.05) is 18.7 Å². The zero-order valence-electron chi connectivity index (χ0n) is 11.2. The third-order valence-corrected chi connectivity index (χ3v) is 2.61. The van der Waals surface area contributed by atoms with Crippen molar-refractivity contribution >= 4 is 11.6 Å². The first-order chi connectivity index (χ1) is 8.26. The predicted octanol–water partition coefficient (Wildman–Crippen LogP) is 3.29. The van der Waals surface area contributed by atoms with Crippen LogP contribution in [0.1, 0.15) is 46.5 Å². The number of unbranched alkanes of at least 4 members (excludes halogenated alkanes) is 1. The highest BCUT2D eigenvalue weighted by atomic mass is 15.1. The maximum atomic E-state index is 4.23. The van der Waals surface area contributed by atoms with E-state index in [2.05, 4.69) is 41.4 Å². The van der Waals surface area contributed by atoms with Crippen molar-refractivity contribution in [3.8, 4) is 0 Å². The zero-order chi connectivity index (χ0) is 12.5. The third-order valence-electron chi connectivity index (χ3n) is 2.61. The second-order valence-electron chi connectivity index (χ2n) is 4.40. The second-order valence-corrected chi connectivity index (χ2v) is 4.40. The van der Waals surface area contributed by atoms with Crippen LogP contribution in [0.2, 0.25) is 0 Å². The molecule has 0 aliphatic heterocycles. The Morgan fingerprint density at radius 1 is 1.18 bits per heavy atom. The van der Waals surface area contributed by atoms with E-state index in [0.29, 0.717) is 6.04 Å². The number of anilines is 2. The standard InChI is InChI=1S/C13H24N4/c1-4-6-7-11(3)17-13-9-12(14-8-5-2)15-10-16-13/h9-11H,4-8H2,1-3H3,(H2,14,15,16,17). The molecule has 0 radical (unpaired) electrons. The van der Waals surface area contributed by atoms with Crippen molar-refractivity contribution in [3.05, 3.63) is 12.4 Å². The molecular weight excluding hydrogens is 212 g/mol. The topological polar surface area (TPSA) is 49.8 Å². The van der Waals surface area contributed by atoms with Gasteiger partial charge in [-0.1, -0.05) is 26.7 Å². The van der Waals surface area contributed by atoms with Crippen molar-refractivity contribution in [2.75, 3.05) is 17.2 Å². The zero-order valence-corrected chi connectivity index (χ0v) is 11.2. The summed E-state index contributed by atoms with van der Waals surface area (Å²) in [5.74, 6) is 1.80. The van der Waals surface area contributed by atoms with E-state index < -0.39 is 0 Å². The van der Waals surface area contributed by atoms with Gasteiger partial charge in [-0.25, -0.2) is 9.97 Å². The summed E-state index contributed by atoms with van der Waals surface area (Å²) in [6, 6.07) is 2.43. The van der Waals surface area contributed by atoms with Crippen molar-refractivity contribution in [1.82, 2.24) is 9.97 Å². The highest BCUT2D eigenvalue weighted by molar-refractivity contribution is 5.46. The lowest BCUT2D eigenvalue weighted by Gasteiger charge is -2.14. The van der Waals surface area contributed by atoms with Gasteiger partial charge in [-0.15, -0.1) is 0 Å². The Labute approximate surface area is 104 Å². The lowest BCUT2D eigenvalue weighted by molar-refractivity contribution is 0.643. The molecule has 0 amide bonds. The third kappa shape index (κ3) is 5.52. The van der Waals surface area contributed by atoms with Crippen molar-refractivity contribution in [1.29, 1.82) is 0 Å². The maximum Gasteiger partial charge on any atom is 0.131 e. The molecule has 2 N–H and O–H groups in total. The lowest BCUT2D eigenvalue weighted by atomic mass is 10.1. The average Bonchev–Trinajstić information content (AvgIpc) is 2.34. The van der Waals surface area contributed by atoms with E-state index in [1.807, 2.05) is 6.07 Å². The summed E-state index contributed by atoms with van der Waals surface area (Å²) in [5, 5.41) is 6.66. The summed E-state index contributed by atoms with van der Waals surface area (Å²) in [5.41, 5.74) is 0. The van der Waals surface area contributed by atoms with E-state index in [1.165, 1.54) is 19.3 Å². The van der Waals surface area contributed by atoms with Gasteiger partial charge in [-0.2, -0.15) is 0 Å². The fourth-order valence-electron chi connectivity index (χ4n) is 1.62. The summed E-state index contributed by atoms with van der Waals surface area (Å²) in [6.07, 6.45) is 6.37. The van der Waals surface area contributed by atoms with Crippen LogP contribution in [0.5, 0.6) is 0 Å². The molecule has 4 nitrogen and oxygen atoms in total. The van der Waals surface area contributed by atoms with Crippen LogP contribution in [0.4, 0.5) is 11.6 Å². The van der Waals surface area contributed by atoms with Crippen LogP contribution in [0.3, 0.4) is 0 Å². The van der Waals surface area contributed by atoms with Crippen LogP contribution in [-0.2, 0) is 0 Å². The molecule has 0 aliphatic rings. The van der Waals surface area contributed by atoms with Gasteiger partial charge in [0.2, 0.25) is 0 Å². The molecule has 0 spiro atoms. The van der Waals surface area contributed by atoms with Crippen LogP contribution >= 0.6 is 0 Å². The minimum absolute atomic E-state index is 0.462. The minimum atomic E-state index is 0.462. The number of nitrogens with one attached hydrogen (secondary N) is 2. The molecule has 0 aromatic carbocycles. The SMILES string of the molecule is CCCCC(C)Nc1cc(NCCC)ncn1. The summed E-state index contributed by atoms with van der Waals surface area (Å²) in [6.45, 7) is 7.49. The quantitative estimate of drug-likeness (QED) is 0.727. The molecule has 1 aromatic heterocycles. The van der Waals surface area contributed by atoms with Crippen molar-refractivity contribution in [3.63, 3.8) is 0 Å². The molecule has 1 rings (SSSR count). The molecule has 0 saturated carbocycles. The van der Waals surface area contributed by atoms with Gasteiger partial charge < -0.3 is 10.6 Å². The highest BCUT2D eigenvalue weighted by Gasteiger charge is 2.03. The first kappa shape index (κ1) is 13.7. The fraction of sp³-hybridized carbons (Fsp3) is 0.692. The predicted molar refractivity (Wildman–Crippen MR) is 73.4 cm³/mol. The van der Waals surface area contributed by atoms with Gasteiger partial charge in [-0.05, 0) is 19.8 Å². The molecule has 4 heteroatoms. The normalized spacial score (nSPS) is 12.2. The Morgan fingerprint density at radius 3 is 2.65 bits per heavy atom. The number of hydrogen-bond donors (Lipinski definition) is 2. The van der Waals surface area contributed by atoms with Crippen LogP contribution in [0.15, 0.2) is 12.4 Å². The number of nitrogens with zero attached hydrogens (tertiary/aromatic N) is 2. The van der Waals surface area contributed by atoms with Crippen LogP contribution in [0, 0.1) is 0 Å². The van der Waals surface area contributed by atoms with E-state index in [0.717, 1.165) is 24.6 Å². The smallest absolute Gasteiger partial charge is 0.131 e. The Hall–Kier alpha value is -1.32. The monoisotopic (exact) mass is 236 g/mol. The van der Waals surface area contributed by atoms with E-state index in [9.17, 15) is 0 Å². The summed E-state index contributed by atoms with van der Waals surface area (Å²) < 4.78 is 0. The second kappa shape index (κ2) is 7.87. The number of hydrogen-bond acceptors (Lipinski definition) is 4. The van der Waals surface area contributed by atoms with Crippen LogP contribution < -0.4 is 10.6 Å².